The van der Waals surface area contributed by atoms with Crippen LogP contribution < -0.4 is 0 Å². The Bertz CT molecular complexity index is 578. The Labute approximate surface area is 96.2 Å². The lowest BCUT2D eigenvalue weighted by Crippen LogP contribution is -1.89. The van der Waals surface area contributed by atoms with Gasteiger partial charge in [0.15, 0.2) is 0 Å². The van der Waals surface area contributed by atoms with Gasteiger partial charge in [-0.15, -0.1) is 0 Å². The molecule has 1 aromatic carbocycles. The van der Waals surface area contributed by atoms with Gasteiger partial charge in [-0.3, -0.25) is 0 Å². The molecular formula is C11H5ClFN3. The second-order valence-electron chi connectivity index (χ2n) is 3.03. The predicted octanol–water partition coefficient (Wildman–Crippen LogP) is 2.81. The summed E-state index contributed by atoms with van der Waals surface area (Å²) in [7, 11) is 0. The van der Waals surface area contributed by atoms with Crippen molar-refractivity contribution in [2.24, 2.45) is 0 Å². The van der Waals surface area contributed by atoms with Crippen LogP contribution in [0.1, 0.15) is 5.56 Å². The Kier molecular flexibility index (Phi) is 2.80. The number of hydrogen-bond donors (Lipinski definition) is 0. The molecule has 0 atom stereocenters. The summed E-state index contributed by atoms with van der Waals surface area (Å²) in [6.07, 6.45) is 1.31. The fourth-order valence-electron chi connectivity index (χ4n) is 1.26. The Hall–Kier alpha value is -1.99. The summed E-state index contributed by atoms with van der Waals surface area (Å²) in [5.41, 5.74) is 1.16. The average molecular weight is 234 g/mol. The quantitative estimate of drug-likeness (QED) is 0.712. The van der Waals surface area contributed by atoms with Gasteiger partial charge in [-0.05, 0) is 18.2 Å². The van der Waals surface area contributed by atoms with Gasteiger partial charge in [-0.25, -0.2) is 14.4 Å². The van der Waals surface area contributed by atoms with Crippen molar-refractivity contribution in [3.63, 3.8) is 0 Å². The number of aromatic nitrogens is 2. The zero-order valence-corrected chi connectivity index (χ0v) is 8.74. The Morgan fingerprint density at radius 2 is 2.06 bits per heavy atom. The number of rotatable bonds is 1. The van der Waals surface area contributed by atoms with Gasteiger partial charge in [0.25, 0.3) is 0 Å². The molecule has 1 heterocycles. The first-order valence-electron chi connectivity index (χ1n) is 4.38. The van der Waals surface area contributed by atoms with Crippen molar-refractivity contribution in [1.29, 1.82) is 5.26 Å². The summed E-state index contributed by atoms with van der Waals surface area (Å²) in [5, 5.41) is 8.99. The summed E-state index contributed by atoms with van der Waals surface area (Å²) >= 11 is 5.71. The lowest BCUT2D eigenvalue weighted by atomic mass is 10.1. The van der Waals surface area contributed by atoms with Gasteiger partial charge in [0.05, 0.1) is 11.3 Å². The smallest absolute Gasteiger partial charge is 0.140 e. The van der Waals surface area contributed by atoms with E-state index in [1.807, 2.05) is 0 Å². The monoisotopic (exact) mass is 233 g/mol. The maximum atomic E-state index is 13.1. The highest BCUT2D eigenvalue weighted by atomic mass is 35.5. The van der Waals surface area contributed by atoms with Crippen molar-refractivity contribution >= 4 is 11.6 Å². The van der Waals surface area contributed by atoms with Gasteiger partial charge in [0, 0.05) is 11.6 Å². The fraction of sp³-hybridized carbons (Fsp3) is 0. The van der Waals surface area contributed by atoms with Crippen molar-refractivity contribution in [3.8, 4) is 17.3 Å². The molecule has 0 aliphatic heterocycles. The van der Waals surface area contributed by atoms with Crippen molar-refractivity contribution in [1.82, 2.24) is 9.97 Å². The lowest BCUT2D eigenvalue weighted by molar-refractivity contribution is 0.624. The number of benzene rings is 1. The van der Waals surface area contributed by atoms with Crippen LogP contribution in [0.4, 0.5) is 4.39 Å². The molecule has 2 aromatic rings. The molecule has 0 bridgehead atoms. The maximum Gasteiger partial charge on any atom is 0.140 e. The molecule has 0 aliphatic rings. The molecule has 78 valence electrons. The van der Waals surface area contributed by atoms with E-state index < -0.39 is 5.82 Å². The highest BCUT2D eigenvalue weighted by molar-refractivity contribution is 6.29. The SMILES string of the molecule is N#Cc1cc(-c2cc(Cl)ncn2)ccc1F. The third-order valence-corrected chi connectivity index (χ3v) is 2.22. The van der Waals surface area contributed by atoms with Crippen LogP contribution in [0.2, 0.25) is 5.15 Å². The summed E-state index contributed by atoms with van der Waals surface area (Å²) in [6, 6.07) is 7.51. The second-order valence-corrected chi connectivity index (χ2v) is 3.42. The van der Waals surface area contributed by atoms with E-state index in [1.54, 1.807) is 12.1 Å². The first-order valence-corrected chi connectivity index (χ1v) is 4.76. The summed E-state index contributed by atoms with van der Waals surface area (Å²) < 4.78 is 13.1. The largest absolute Gasteiger partial charge is 0.236 e. The minimum absolute atomic E-state index is 0.0211. The van der Waals surface area contributed by atoms with Crippen molar-refractivity contribution < 1.29 is 4.39 Å². The Morgan fingerprint density at radius 1 is 1.25 bits per heavy atom. The van der Waals surface area contributed by atoms with Crippen molar-refractivity contribution in [2.75, 3.05) is 0 Å². The normalized spacial score (nSPS) is 9.81. The van der Waals surface area contributed by atoms with Gasteiger partial charge >= 0.3 is 0 Å². The first kappa shape index (κ1) is 10.5. The highest BCUT2D eigenvalue weighted by Gasteiger charge is 2.06. The van der Waals surface area contributed by atoms with Gasteiger partial charge in [-0.2, -0.15) is 5.26 Å². The molecule has 0 saturated carbocycles. The third-order valence-electron chi connectivity index (χ3n) is 2.02. The minimum atomic E-state index is -0.550. The van der Waals surface area contributed by atoms with Crippen LogP contribution in [0.3, 0.4) is 0 Å². The molecule has 0 radical (unpaired) electrons. The molecule has 0 spiro atoms. The first-order chi connectivity index (χ1) is 7.70. The Balaban J connectivity index is 2.54. The number of nitrogens with zero attached hydrogens (tertiary/aromatic N) is 3. The van der Waals surface area contributed by atoms with E-state index in [0.717, 1.165) is 0 Å². The van der Waals surface area contributed by atoms with E-state index in [0.29, 0.717) is 16.4 Å². The summed E-state index contributed by atoms with van der Waals surface area (Å²) in [5.74, 6) is -0.550. The molecule has 3 nitrogen and oxygen atoms in total. The predicted molar refractivity (Wildman–Crippen MR) is 57.2 cm³/mol. The van der Waals surface area contributed by atoms with E-state index in [-0.39, 0.29) is 5.56 Å². The van der Waals surface area contributed by atoms with Gasteiger partial charge in [0.2, 0.25) is 0 Å². The highest BCUT2D eigenvalue weighted by Crippen LogP contribution is 2.21. The molecule has 0 amide bonds. The number of nitriles is 1. The molecule has 0 unspecified atom stereocenters. The maximum absolute atomic E-state index is 13.1. The van der Waals surface area contributed by atoms with Crippen LogP contribution in [0.25, 0.3) is 11.3 Å². The number of hydrogen-bond acceptors (Lipinski definition) is 3. The van der Waals surface area contributed by atoms with Crippen LogP contribution in [0, 0.1) is 17.1 Å². The third kappa shape index (κ3) is 2.00. The topological polar surface area (TPSA) is 49.6 Å². The van der Waals surface area contributed by atoms with E-state index in [1.165, 1.54) is 24.5 Å². The molecule has 0 aliphatic carbocycles. The van der Waals surface area contributed by atoms with Crippen molar-refractivity contribution in [2.45, 2.75) is 0 Å². The van der Waals surface area contributed by atoms with Gasteiger partial charge in [-0.1, -0.05) is 11.6 Å². The van der Waals surface area contributed by atoms with Crippen LogP contribution >= 0.6 is 11.6 Å². The second kappa shape index (κ2) is 4.25. The standard InChI is InChI=1S/C11H5ClFN3/c12-11-4-10(15-6-16-11)7-1-2-9(13)8(3-7)5-14/h1-4,6H. The fourth-order valence-corrected chi connectivity index (χ4v) is 1.41. The minimum Gasteiger partial charge on any atom is -0.236 e. The molecule has 0 saturated heterocycles. The average Bonchev–Trinajstić information content (AvgIpc) is 2.29. The van der Waals surface area contributed by atoms with Crippen LogP contribution in [0.5, 0.6) is 0 Å². The van der Waals surface area contributed by atoms with E-state index in [2.05, 4.69) is 9.97 Å². The van der Waals surface area contributed by atoms with Crippen LogP contribution in [-0.4, -0.2) is 9.97 Å². The molecule has 0 fully saturated rings. The Morgan fingerprint density at radius 3 is 2.75 bits per heavy atom. The van der Waals surface area contributed by atoms with E-state index in [4.69, 9.17) is 16.9 Å². The van der Waals surface area contributed by atoms with E-state index >= 15 is 0 Å². The molecule has 2 rings (SSSR count). The van der Waals surface area contributed by atoms with Crippen molar-refractivity contribution in [3.05, 3.63) is 47.1 Å². The molecule has 16 heavy (non-hydrogen) atoms. The van der Waals surface area contributed by atoms with Crippen LogP contribution in [-0.2, 0) is 0 Å². The molecular weight excluding hydrogens is 229 g/mol. The zero-order valence-electron chi connectivity index (χ0n) is 7.98. The molecule has 1 aromatic heterocycles. The van der Waals surface area contributed by atoms with Gasteiger partial charge < -0.3 is 0 Å². The molecule has 0 N–H and O–H groups in total. The zero-order chi connectivity index (χ0) is 11.5. The van der Waals surface area contributed by atoms with Crippen LogP contribution in [0.15, 0.2) is 30.6 Å². The van der Waals surface area contributed by atoms with E-state index in [9.17, 15) is 4.39 Å². The number of halogens is 2. The summed E-state index contributed by atoms with van der Waals surface area (Å²) in [4.78, 5) is 7.73. The summed E-state index contributed by atoms with van der Waals surface area (Å²) in [6.45, 7) is 0. The molecule has 5 heteroatoms. The van der Waals surface area contributed by atoms with Gasteiger partial charge in [0.1, 0.15) is 23.4 Å². The lowest BCUT2D eigenvalue weighted by Gasteiger charge is -2.01.